The minimum absolute atomic E-state index is 0.0746. The van der Waals surface area contributed by atoms with Crippen LogP contribution in [0.3, 0.4) is 0 Å². The third-order valence-electron chi connectivity index (χ3n) is 3.98. The molecule has 0 unspecified atom stereocenters. The van der Waals surface area contributed by atoms with Crippen LogP contribution in [0.1, 0.15) is 16.1 Å². The van der Waals surface area contributed by atoms with Crippen molar-refractivity contribution >= 4 is 17.4 Å². The summed E-state index contributed by atoms with van der Waals surface area (Å²) >= 11 is 0. The highest BCUT2D eigenvalue weighted by Crippen LogP contribution is 2.17. The first-order valence-corrected chi connectivity index (χ1v) is 7.63. The number of aromatic nitrogens is 2. The van der Waals surface area contributed by atoms with Gasteiger partial charge in [-0.15, -0.1) is 5.10 Å². The number of rotatable bonds is 3. The number of hydrogen-bond donors (Lipinski definition) is 0. The Kier molecular flexibility index (Phi) is 4.37. The number of nitrogens with zero attached hydrogens (tertiary/aromatic N) is 5. The highest BCUT2D eigenvalue weighted by molar-refractivity contribution is 5.95. The summed E-state index contributed by atoms with van der Waals surface area (Å²) in [5.41, 5.74) is 1.13. The maximum absolute atomic E-state index is 12.5. The van der Waals surface area contributed by atoms with Crippen molar-refractivity contribution in [3.8, 4) is 0 Å². The van der Waals surface area contributed by atoms with E-state index in [1.54, 1.807) is 11.0 Å². The predicted octanol–water partition coefficient (Wildman–Crippen LogP) is 1.66. The van der Waals surface area contributed by atoms with E-state index in [2.05, 4.69) is 15.1 Å². The summed E-state index contributed by atoms with van der Waals surface area (Å²) in [5.74, 6) is 0.608. The molecule has 0 spiro atoms. The molecule has 8 nitrogen and oxygen atoms in total. The molecule has 1 aromatic heterocycles. The lowest BCUT2D eigenvalue weighted by Crippen LogP contribution is -2.49. The molecule has 0 atom stereocenters. The molecule has 0 radical (unpaired) electrons. The Morgan fingerprint density at radius 1 is 1.12 bits per heavy atom. The number of piperazine rings is 1. The Bertz CT molecular complexity index is 755. The van der Waals surface area contributed by atoms with Gasteiger partial charge in [-0.3, -0.25) is 14.9 Å². The van der Waals surface area contributed by atoms with Gasteiger partial charge in [-0.25, -0.2) is 0 Å². The molecular weight excluding hydrogens is 310 g/mol. The zero-order chi connectivity index (χ0) is 17.1. The van der Waals surface area contributed by atoms with Gasteiger partial charge in [0.05, 0.1) is 10.6 Å². The summed E-state index contributed by atoms with van der Waals surface area (Å²) in [6, 6.07) is 9.66. The lowest BCUT2D eigenvalue weighted by molar-refractivity contribution is -0.384. The zero-order valence-electron chi connectivity index (χ0n) is 13.3. The second-order valence-corrected chi connectivity index (χ2v) is 5.62. The highest BCUT2D eigenvalue weighted by atomic mass is 16.6. The molecular formula is C16H17N5O3. The van der Waals surface area contributed by atoms with E-state index in [0.29, 0.717) is 31.7 Å². The molecule has 0 saturated carbocycles. The number of amides is 1. The first kappa shape index (κ1) is 15.9. The Morgan fingerprint density at radius 3 is 2.50 bits per heavy atom. The zero-order valence-corrected chi connectivity index (χ0v) is 13.3. The van der Waals surface area contributed by atoms with Gasteiger partial charge in [0.15, 0.2) is 5.82 Å². The summed E-state index contributed by atoms with van der Waals surface area (Å²) in [7, 11) is 0. The smallest absolute Gasteiger partial charge is 0.270 e. The number of hydrogen-bond acceptors (Lipinski definition) is 6. The number of aryl methyl sites for hydroxylation is 1. The van der Waals surface area contributed by atoms with Crippen molar-refractivity contribution in [1.82, 2.24) is 15.1 Å². The number of nitro groups is 1. The van der Waals surface area contributed by atoms with Crippen LogP contribution >= 0.6 is 0 Å². The van der Waals surface area contributed by atoms with Crippen molar-refractivity contribution in [3.63, 3.8) is 0 Å². The molecule has 8 heteroatoms. The van der Waals surface area contributed by atoms with Crippen LogP contribution in [0, 0.1) is 17.0 Å². The van der Waals surface area contributed by atoms with E-state index in [1.165, 1.54) is 18.2 Å². The van der Waals surface area contributed by atoms with E-state index < -0.39 is 4.92 Å². The largest absolute Gasteiger partial charge is 0.352 e. The summed E-state index contributed by atoms with van der Waals surface area (Å²) < 4.78 is 0. The van der Waals surface area contributed by atoms with E-state index in [9.17, 15) is 14.9 Å². The molecule has 0 N–H and O–H groups in total. The third kappa shape index (κ3) is 3.32. The van der Waals surface area contributed by atoms with Crippen LogP contribution in [0.25, 0.3) is 0 Å². The molecule has 1 amide bonds. The summed E-state index contributed by atoms with van der Waals surface area (Å²) in [4.78, 5) is 26.6. The minimum Gasteiger partial charge on any atom is -0.352 e. The van der Waals surface area contributed by atoms with Crippen LogP contribution < -0.4 is 4.90 Å². The summed E-state index contributed by atoms with van der Waals surface area (Å²) in [6.07, 6.45) is 0. The summed E-state index contributed by atoms with van der Waals surface area (Å²) in [6.45, 7) is 4.26. The first-order chi connectivity index (χ1) is 11.5. The highest BCUT2D eigenvalue weighted by Gasteiger charge is 2.24. The van der Waals surface area contributed by atoms with Gasteiger partial charge in [-0.1, -0.05) is 6.07 Å². The molecule has 124 valence electrons. The third-order valence-corrected chi connectivity index (χ3v) is 3.98. The number of benzene rings is 1. The number of carbonyl (C=O) groups excluding carboxylic acids is 1. The van der Waals surface area contributed by atoms with Crippen LogP contribution in [-0.2, 0) is 0 Å². The first-order valence-electron chi connectivity index (χ1n) is 7.63. The van der Waals surface area contributed by atoms with Crippen LogP contribution in [0.4, 0.5) is 11.5 Å². The van der Waals surface area contributed by atoms with Crippen molar-refractivity contribution in [3.05, 3.63) is 57.8 Å². The molecule has 2 heterocycles. The number of carbonyl (C=O) groups is 1. The molecule has 24 heavy (non-hydrogen) atoms. The number of non-ortho nitro benzene ring substituents is 1. The van der Waals surface area contributed by atoms with Crippen molar-refractivity contribution < 1.29 is 9.72 Å². The Balaban J connectivity index is 1.66. The van der Waals surface area contributed by atoms with Crippen molar-refractivity contribution in [2.45, 2.75) is 6.92 Å². The fourth-order valence-corrected chi connectivity index (χ4v) is 2.63. The molecule has 1 aromatic carbocycles. The van der Waals surface area contributed by atoms with Gasteiger partial charge in [-0.05, 0) is 25.1 Å². The Morgan fingerprint density at radius 2 is 1.88 bits per heavy atom. The monoisotopic (exact) mass is 327 g/mol. The fraction of sp³-hybridized carbons (Fsp3) is 0.312. The topological polar surface area (TPSA) is 92.5 Å². The Labute approximate surface area is 138 Å². The molecule has 2 aromatic rings. The second-order valence-electron chi connectivity index (χ2n) is 5.62. The van der Waals surface area contributed by atoms with E-state index in [0.717, 1.165) is 11.5 Å². The maximum atomic E-state index is 12.5. The van der Waals surface area contributed by atoms with E-state index >= 15 is 0 Å². The normalized spacial score (nSPS) is 14.5. The standard InChI is InChI=1S/C16H17N5O3/c1-12-5-6-15(18-17-12)19-7-9-20(10-8-19)16(22)13-3-2-4-14(11-13)21(23)24/h2-6,11H,7-10H2,1H3. The van der Waals surface area contributed by atoms with Gasteiger partial charge < -0.3 is 9.80 Å². The maximum Gasteiger partial charge on any atom is 0.270 e. The van der Waals surface area contributed by atoms with E-state index in [1.807, 2.05) is 19.1 Å². The van der Waals surface area contributed by atoms with Crippen LogP contribution in [0.15, 0.2) is 36.4 Å². The second kappa shape index (κ2) is 6.61. The molecule has 1 fully saturated rings. The molecule has 1 aliphatic heterocycles. The molecule has 0 aliphatic carbocycles. The van der Waals surface area contributed by atoms with Gasteiger partial charge in [0, 0.05) is 43.9 Å². The van der Waals surface area contributed by atoms with Gasteiger partial charge >= 0.3 is 0 Å². The average Bonchev–Trinajstić information content (AvgIpc) is 2.62. The molecule has 1 aliphatic rings. The molecule has 0 bridgehead atoms. The van der Waals surface area contributed by atoms with Crippen molar-refractivity contribution in [1.29, 1.82) is 0 Å². The fourth-order valence-electron chi connectivity index (χ4n) is 2.63. The lowest BCUT2D eigenvalue weighted by Gasteiger charge is -2.35. The van der Waals surface area contributed by atoms with Gasteiger partial charge in [-0.2, -0.15) is 5.10 Å². The van der Waals surface area contributed by atoms with Crippen LogP contribution in [-0.4, -0.2) is 52.1 Å². The van der Waals surface area contributed by atoms with E-state index in [-0.39, 0.29) is 11.6 Å². The number of nitro benzene ring substituents is 1. The van der Waals surface area contributed by atoms with Crippen LogP contribution in [0.2, 0.25) is 0 Å². The van der Waals surface area contributed by atoms with Crippen molar-refractivity contribution in [2.75, 3.05) is 31.1 Å². The number of anilines is 1. The van der Waals surface area contributed by atoms with Gasteiger partial charge in [0.1, 0.15) is 0 Å². The SMILES string of the molecule is Cc1ccc(N2CCN(C(=O)c3cccc([N+](=O)[O-])c3)CC2)nn1. The van der Waals surface area contributed by atoms with E-state index in [4.69, 9.17) is 0 Å². The van der Waals surface area contributed by atoms with Gasteiger partial charge in [0.2, 0.25) is 0 Å². The summed E-state index contributed by atoms with van der Waals surface area (Å²) in [5, 5.41) is 19.0. The van der Waals surface area contributed by atoms with Crippen LogP contribution in [0.5, 0.6) is 0 Å². The Hall–Kier alpha value is -3.03. The minimum atomic E-state index is -0.495. The predicted molar refractivity (Wildman–Crippen MR) is 88.0 cm³/mol. The molecule has 3 rings (SSSR count). The molecule has 1 saturated heterocycles. The average molecular weight is 327 g/mol. The lowest BCUT2D eigenvalue weighted by atomic mass is 10.1. The van der Waals surface area contributed by atoms with Crippen molar-refractivity contribution in [2.24, 2.45) is 0 Å². The van der Waals surface area contributed by atoms with Gasteiger partial charge in [0.25, 0.3) is 11.6 Å². The quantitative estimate of drug-likeness (QED) is 0.629.